The Kier molecular flexibility index (Phi) is 49.5. The van der Waals surface area contributed by atoms with Gasteiger partial charge in [-0.3, -0.25) is 24.5 Å². The highest BCUT2D eigenvalue weighted by molar-refractivity contribution is 7.57. The van der Waals surface area contributed by atoms with Gasteiger partial charge in [0.2, 0.25) is 0 Å². The van der Waals surface area contributed by atoms with Gasteiger partial charge in [-0.25, -0.2) is 4.39 Å². The first-order valence-corrected chi connectivity index (χ1v) is 50.6. The van der Waals surface area contributed by atoms with Crippen molar-refractivity contribution in [3.8, 4) is 46.0 Å². The lowest BCUT2D eigenvalue weighted by atomic mass is 10.1. The second-order valence-corrected chi connectivity index (χ2v) is 38.8. The van der Waals surface area contributed by atoms with E-state index in [1.165, 1.54) is 145 Å². The van der Waals surface area contributed by atoms with Crippen molar-refractivity contribution in [1.29, 1.82) is 0 Å². The number of piperidine rings is 2. The molecule has 2 fully saturated rings. The molecule has 0 spiro atoms. The van der Waals surface area contributed by atoms with E-state index in [0.29, 0.717) is 51.6 Å². The average Bonchev–Trinajstić information content (AvgIpc) is 0.779. The van der Waals surface area contributed by atoms with Crippen molar-refractivity contribution in [2.45, 2.75) is 154 Å². The summed E-state index contributed by atoms with van der Waals surface area (Å²) in [6.07, 6.45) is 7.67. The summed E-state index contributed by atoms with van der Waals surface area (Å²) >= 11 is 0. The molecule has 18 nitrogen and oxygen atoms in total. The molecule has 0 amide bonds. The van der Waals surface area contributed by atoms with E-state index in [0.717, 1.165) is 141 Å². The molecule has 706 valence electrons. The predicted molar refractivity (Wildman–Crippen MR) is 551 cm³/mol. The fourth-order valence-electron chi connectivity index (χ4n) is 15.4. The third-order valence-electron chi connectivity index (χ3n) is 22.8. The van der Waals surface area contributed by atoms with Crippen molar-refractivity contribution < 1.29 is 66.0 Å². The van der Waals surface area contributed by atoms with Crippen LogP contribution in [0.1, 0.15) is 141 Å². The molecule has 5 unspecified atom stereocenters. The number of likely N-dealkylation sites (tertiary alicyclic amines) is 2. The third-order valence-corrected chi connectivity index (χ3v) is 30.5. The number of nitrogens with zero attached hydrogens (tertiary/aromatic N) is 5. The molecule has 24 heteroatoms. The molecule has 10 aromatic carbocycles. The van der Waals surface area contributed by atoms with Crippen molar-refractivity contribution in [2.75, 3.05) is 156 Å². The Morgan fingerprint density at radius 3 is 1.16 bits per heavy atom. The highest BCUT2D eigenvalue weighted by atomic mass is 31.1. The summed E-state index contributed by atoms with van der Waals surface area (Å²) in [7, 11) is 15.6. The summed E-state index contributed by atoms with van der Waals surface area (Å²) in [5.41, 5.74) is 14.5. The molecule has 0 aliphatic carbocycles. The Morgan fingerprint density at radius 1 is 0.292 bits per heavy atom. The van der Waals surface area contributed by atoms with Crippen molar-refractivity contribution in [1.82, 2.24) is 24.5 Å². The SMILES string of the molecule is CCN(CC)Cc1cccc(C)c1Pc1cc(C)ccc1OCOC.CCN(CC)Cc1cccc(C)c1Pc1cccc(C)c1OCOC.CCN(CC)Cc1cccc(C)c1Pc1ccccc1OCOC.COCOc1c(OC)cc(OC)cc1Pc1ccc(F)cc1CN1CCCCC1.COCOc1ccc(OC)cc1Pc1ccc(C)cc1CN1CCCCC1. The monoisotopic (exact) mass is 1870 g/mol. The van der Waals surface area contributed by atoms with E-state index < -0.39 is 0 Å². The molecule has 2 aliphatic heterocycles. The summed E-state index contributed by atoms with van der Waals surface area (Å²) in [6, 6.07) is 62.5. The molecule has 2 saturated heterocycles. The third kappa shape index (κ3) is 34.9. The fraction of sp³-hybridized carbons (Fsp3) is 0.434. The number of hydrogen-bond acceptors (Lipinski definition) is 18. The molecule has 10 aromatic rings. The van der Waals surface area contributed by atoms with Crippen LogP contribution in [-0.4, -0.2) is 181 Å². The molecule has 2 aliphatic rings. The molecule has 0 radical (unpaired) electrons. The molecule has 12 rings (SSSR count). The number of ether oxygens (including phenoxy) is 13. The number of benzene rings is 10. The van der Waals surface area contributed by atoms with Crippen LogP contribution in [0.5, 0.6) is 46.0 Å². The molecule has 0 N–H and O–H groups in total. The minimum Gasteiger partial charge on any atom is -0.497 e. The lowest BCUT2D eigenvalue weighted by Gasteiger charge is -2.27. The van der Waals surface area contributed by atoms with Gasteiger partial charge in [0.05, 0.1) is 21.3 Å². The van der Waals surface area contributed by atoms with Crippen LogP contribution in [0, 0.1) is 47.4 Å². The van der Waals surface area contributed by atoms with Gasteiger partial charge < -0.3 is 61.6 Å². The first-order valence-electron chi connectivity index (χ1n) is 45.6. The largest absolute Gasteiger partial charge is 0.497 e. The van der Waals surface area contributed by atoms with Crippen LogP contribution in [0.25, 0.3) is 0 Å². The minimum absolute atomic E-state index is 0.115. The van der Waals surface area contributed by atoms with E-state index in [9.17, 15) is 4.39 Å². The van der Waals surface area contributed by atoms with Gasteiger partial charge in [0.15, 0.2) is 45.5 Å². The Labute approximate surface area is 787 Å². The van der Waals surface area contributed by atoms with Crippen LogP contribution in [0.4, 0.5) is 4.39 Å². The van der Waals surface area contributed by atoms with Crippen molar-refractivity contribution in [2.24, 2.45) is 0 Å². The smallest absolute Gasteiger partial charge is 0.188 e. The zero-order chi connectivity index (χ0) is 93.5. The molecular formula is C106H147FN5O13P5. The van der Waals surface area contributed by atoms with Crippen LogP contribution >= 0.6 is 42.9 Å². The van der Waals surface area contributed by atoms with Gasteiger partial charge in [0.1, 0.15) is 40.3 Å². The number of rotatable bonds is 44. The minimum atomic E-state index is -0.204. The maximum atomic E-state index is 14.0. The first-order chi connectivity index (χ1) is 63.2. The van der Waals surface area contributed by atoms with Crippen molar-refractivity contribution >= 4 is 95.9 Å². The van der Waals surface area contributed by atoms with Gasteiger partial charge in [0.25, 0.3) is 0 Å². The van der Waals surface area contributed by atoms with Crippen molar-refractivity contribution in [3.05, 3.63) is 249 Å². The lowest BCUT2D eigenvalue weighted by Crippen LogP contribution is -2.31. The van der Waals surface area contributed by atoms with Gasteiger partial charge in [-0.1, -0.05) is 230 Å². The molecule has 0 bridgehead atoms. The highest BCUT2D eigenvalue weighted by Crippen LogP contribution is 2.36. The predicted octanol–water partition coefficient (Wildman–Crippen LogP) is 18.0. The maximum Gasteiger partial charge on any atom is 0.188 e. The molecule has 130 heavy (non-hydrogen) atoms. The van der Waals surface area contributed by atoms with Crippen molar-refractivity contribution in [3.63, 3.8) is 0 Å². The van der Waals surface area contributed by atoms with E-state index in [1.54, 1.807) is 69.0 Å². The average molecular weight is 1870 g/mol. The van der Waals surface area contributed by atoms with Crippen LogP contribution in [0.3, 0.4) is 0 Å². The molecule has 0 aromatic heterocycles. The van der Waals surface area contributed by atoms with Gasteiger partial charge >= 0.3 is 0 Å². The number of aryl methyl sites for hydroxylation is 6. The van der Waals surface area contributed by atoms with Gasteiger partial charge in [-0.05, 0) is 264 Å². The Morgan fingerprint density at radius 2 is 0.677 bits per heavy atom. The van der Waals surface area contributed by atoms with Crippen LogP contribution in [0.15, 0.2) is 182 Å². The maximum absolute atomic E-state index is 14.0. The second-order valence-electron chi connectivity index (χ2n) is 32.2. The summed E-state index contributed by atoms with van der Waals surface area (Å²) in [6.45, 7) is 43.3. The lowest BCUT2D eigenvalue weighted by molar-refractivity contribution is 0.0499. The van der Waals surface area contributed by atoms with E-state index in [-0.39, 0.29) is 48.4 Å². The standard InChI is InChI=1S/C22H29FNO4P.C22H30NO3P.2C21H30NO2P.C20H28NO2P/c1-25-15-28-22-19(27-3)12-18(26-2)13-21(22)29-20-8-7-17(23)11-16(20)14-24-9-5-4-6-10-24;1-17-7-10-21(18(13-17)15-23-11-5-4-6-12-23)27-22-14-19(25-3)8-9-20(22)26-16-24-2;1-6-22(7-2)14-18-12-8-11-17(4)21(18)25-19-13-9-10-16(3)20(19)24-15-23-5;1-6-22(7-2)14-18-10-8-9-17(4)21(18)25-20-13-16(3)11-12-19(20)24-15-23-5;1-5-21(6-2)14-17-11-9-10-16(3)20(17)24-19-13-8-7-12-18(19)23-15-22-4/h7-8,11-13,29H,4-6,9-10,14-15H2,1-3H3;7-10,13-14,27H,4-6,11-12,15-16H2,1-3H3;2*8-13,25H,6-7,14-15H2,1-5H3;7-13,24H,5-6,14-15H2,1-4H3. The Bertz CT molecular complexity index is 4930. The quantitative estimate of drug-likeness (QED) is 0.0264. The second kappa shape index (κ2) is 59.8. The number of halogens is 1. The molecule has 0 saturated carbocycles. The van der Waals surface area contributed by atoms with E-state index >= 15 is 0 Å². The summed E-state index contributed by atoms with van der Waals surface area (Å²) in [5.74, 6) is 6.20. The fourth-order valence-corrected chi connectivity index (χ4v) is 22.2. The Balaban J connectivity index is 0.000000201. The van der Waals surface area contributed by atoms with Gasteiger partial charge in [-0.15, -0.1) is 0 Å². The summed E-state index contributed by atoms with van der Waals surface area (Å²) < 4.78 is 84.8. The summed E-state index contributed by atoms with van der Waals surface area (Å²) in [5, 5.41) is 12.6. The van der Waals surface area contributed by atoms with E-state index in [2.05, 4.69) is 235 Å². The highest BCUT2D eigenvalue weighted by Gasteiger charge is 2.23. The van der Waals surface area contributed by atoms with Gasteiger partial charge in [-0.2, -0.15) is 0 Å². The summed E-state index contributed by atoms with van der Waals surface area (Å²) in [4.78, 5) is 12.4. The van der Waals surface area contributed by atoms with E-state index in [4.69, 9.17) is 61.6 Å². The van der Waals surface area contributed by atoms with E-state index in [1.807, 2.05) is 36.4 Å². The van der Waals surface area contributed by atoms with Crippen LogP contribution in [-0.2, 0) is 56.4 Å². The topological polar surface area (TPSA) is 136 Å². The normalized spacial score (nSPS) is 13.1. The number of para-hydroxylation sites is 2. The zero-order valence-corrected chi connectivity index (χ0v) is 86.1. The first kappa shape index (κ1) is 108. The Hall–Kier alpha value is -7.72. The number of hydrogen-bond donors (Lipinski definition) is 0. The molecular weight excluding hydrogens is 1730 g/mol. The molecule has 5 atom stereocenters. The number of methoxy groups -OCH3 is 8. The zero-order valence-electron chi connectivity index (χ0n) is 81.1. The van der Waals surface area contributed by atoms with Crippen LogP contribution < -0.4 is 90.9 Å². The van der Waals surface area contributed by atoms with Gasteiger partial charge in [0, 0.05) is 101 Å². The molecule has 2 heterocycles. The van der Waals surface area contributed by atoms with Crippen LogP contribution in [0.2, 0.25) is 0 Å².